The van der Waals surface area contributed by atoms with Gasteiger partial charge >= 0.3 is 0 Å². The lowest BCUT2D eigenvalue weighted by molar-refractivity contribution is 0.199. The van der Waals surface area contributed by atoms with Crippen LogP contribution in [0.4, 0.5) is 0 Å². The second-order valence-corrected chi connectivity index (χ2v) is 5.08. The van der Waals surface area contributed by atoms with Crippen LogP contribution in [0.5, 0.6) is 5.75 Å². The lowest BCUT2D eigenvalue weighted by Crippen LogP contribution is -2.50. The van der Waals surface area contributed by atoms with Crippen LogP contribution in [0, 0.1) is 6.92 Å². The number of aryl methyl sites for hydroxylation is 1. The van der Waals surface area contributed by atoms with Gasteiger partial charge in [0.2, 0.25) is 0 Å². The molecule has 1 atom stereocenters. The van der Waals surface area contributed by atoms with Crippen molar-refractivity contribution in [3.05, 3.63) is 29.3 Å². The summed E-state index contributed by atoms with van der Waals surface area (Å²) in [5.41, 5.74) is 2.64. The molecule has 0 radical (unpaired) electrons. The number of benzene rings is 1. The Kier molecular flexibility index (Phi) is 4.61. The second-order valence-electron chi connectivity index (χ2n) is 5.08. The van der Waals surface area contributed by atoms with Crippen LogP contribution in [0.15, 0.2) is 18.2 Å². The van der Waals surface area contributed by atoms with E-state index in [0.717, 1.165) is 38.4 Å². The molecule has 0 aliphatic carbocycles. The lowest BCUT2D eigenvalue weighted by atomic mass is 10.0. The van der Waals surface area contributed by atoms with Crippen molar-refractivity contribution in [1.29, 1.82) is 0 Å². The molecule has 0 aromatic heterocycles. The van der Waals surface area contributed by atoms with Gasteiger partial charge in [-0.2, -0.15) is 0 Å². The third-order valence-electron chi connectivity index (χ3n) is 3.66. The van der Waals surface area contributed by atoms with E-state index in [-0.39, 0.29) is 0 Å². The Morgan fingerprint density at radius 1 is 1.44 bits per heavy atom. The van der Waals surface area contributed by atoms with Gasteiger partial charge in [-0.1, -0.05) is 12.1 Å². The van der Waals surface area contributed by atoms with Crippen molar-refractivity contribution in [3.63, 3.8) is 0 Å². The normalized spacial score (nSPS) is 20.9. The molecular formula is C15H24N2O. The Balaban J connectivity index is 2.02. The van der Waals surface area contributed by atoms with Crippen molar-refractivity contribution in [2.45, 2.75) is 26.3 Å². The monoisotopic (exact) mass is 248 g/mol. The highest BCUT2D eigenvalue weighted by atomic mass is 16.5. The van der Waals surface area contributed by atoms with Crippen LogP contribution in [0.25, 0.3) is 0 Å². The molecule has 0 saturated carbocycles. The van der Waals surface area contributed by atoms with Gasteiger partial charge in [0.05, 0.1) is 6.61 Å². The van der Waals surface area contributed by atoms with Crippen LogP contribution in [-0.4, -0.2) is 44.2 Å². The van der Waals surface area contributed by atoms with Gasteiger partial charge in [0.15, 0.2) is 0 Å². The fourth-order valence-corrected chi connectivity index (χ4v) is 2.52. The number of nitrogens with zero attached hydrogens (tertiary/aromatic N) is 1. The third-order valence-corrected chi connectivity index (χ3v) is 3.66. The van der Waals surface area contributed by atoms with E-state index in [1.54, 1.807) is 0 Å². The zero-order valence-electron chi connectivity index (χ0n) is 11.7. The van der Waals surface area contributed by atoms with Gasteiger partial charge in [-0.15, -0.1) is 0 Å². The topological polar surface area (TPSA) is 24.5 Å². The molecule has 2 rings (SSSR count). The number of nitrogens with one attached hydrogen (secondary N) is 1. The fraction of sp³-hybridized carbons (Fsp3) is 0.600. The van der Waals surface area contributed by atoms with Crippen LogP contribution in [-0.2, 0) is 6.42 Å². The molecule has 0 bridgehead atoms. The lowest BCUT2D eigenvalue weighted by Gasteiger charge is -2.33. The van der Waals surface area contributed by atoms with E-state index in [1.807, 2.05) is 6.92 Å². The van der Waals surface area contributed by atoms with E-state index < -0.39 is 0 Å². The number of hydrogen-bond donors (Lipinski definition) is 1. The molecule has 1 aromatic rings. The average molecular weight is 248 g/mol. The standard InChI is InChI=1S/C15H24N2O/c1-4-18-15-6-5-13(9-12(15)2)10-14-11-16-7-8-17(14)3/h5-6,9,14,16H,4,7-8,10-11H2,1-3H3. The first-order valence-corrected chi connectivity index (χ1v) is 6.84. The molecule has 1 aliphatic rings. The number of likely N-dealkylation sites (N-methyl/N-ethyl adjacent to an activating group) is 1. The number of ether oxygens (including phenoxy) is 1. The Labute approximate surface area is 110 Å². The molecule has 1 aliphatic heterocycles. The maximum Gasteiger partial charge on any atom is 0.122 e. The first kappa shape index (κ1) is 13.4. The van der Waals surface area contributed by atoms with Crippen molar-refractivity contribution in [3.8, 4) is 5.75 Å². The summed E-state index contributed by atoms with van der Waals surface area (Å²) in [6, 6.07) is 7.16. The van der Waals surface area contributed by atoms with Crippen molar-refractivity contribution in [2.75, 3.05) is 33.3 Å². The maximum atomic E-state index is 5.58. The predicted molar refractivity (Wildman–Crippen MR) is 75.3 cm³/mol. The first-order chi connectivity index (χ1) is 8.70. The van der Waals surface area contributed by atoms with Gasteiger partial charge < -0.3 is 15.0 Å². The van der Waals surface area contributed by atoms with Crippen molar-refractivity contribution in [1.82, 2.24) is 10.2 Å². The third kappa shape index (κ3) is 3.24. The summed E-state index contributed by atoms with van der Waals surface area (Å²) in [6.45, 7) is 8.21. The Bertz CT molecular complexity index is 392. The number of hydrogen-bond acceptors (Lipinski definition) is 3. The zero-order valence-corrected chi connectivity index (χ0v) is 11.7. The van der Waals surface area contributed by atoms with E-state index in [4.69, 9.17) is 4.74 Å². The van der Waals surface area contributed by atoms with Crippen LogP contribution < -0.4 is 10.1 Å². The minimum atomic E-state index is 0.607. The second kappa shape index (κ2) is 6.21. The summed E-state index contributed by atoms with van der Waals surface area (Å²) in [5.74, 6) is 1.01. The van der Waals surface area contributed by atoms with E-state index in [2.05, 4.69) is 42.4 Å². The molecule has 1 aromatic carbocycles. The maximum absolute atomic E-state index is 5.58. The van der Waals surface area contributed by atoms with Gasteiger partial charge in [0.1, 0.15) is 5.75 Å². The molecule has 100 valence electrons. The van der Waals surface area contributed by atoms with Gasteiger partial charge in [0.25, 0.3) is 0 Å². The predicted octanol–water partition coefficient (Wildman–Crippen LogP) is 1.84. The summed E-state index contributed by atoms with van der Waals surface area (Å²) in [7, 11) is 2.22. The summed E-state index contributed by atoms with van der Waals surface area (Å²) >= 11 is 0. The van der Waals surface area contributed by atoms with Gasteiger partial charge in [-0.25, -0.2) is 0 Å². The van der Waals surface area contributed by atoms with Crippen molar-refractivity contribution in [2.24, 2.45) is 0 Å². The smallest absolute Gasteiger partial charge is 0.122 e. The Morgan fingerprint density at radius 3 is 2.94 bits per heavy atom. The minimum absolute atomic E-state index is 0.607. The molecule has 3 nitrogen and oxygen atoms in total. The SMILES string of the molecule is CCOc1ccc(CC2CNCCN2C)cc1C. The molecule has 1 fully saturated rings. The zero-order chi connectivity index (χ0) is 13.0. The van der Waals surface area contributed by atoms with Gasteiger partial charge in [-0.3, -0.25) is 0 Å². The van der Waals surface area contributed by atoms with Crippen molar-refractivity contribution < 1.29 is 4.74 Å². The van der Waals surface area contributed by atoms with Crippen LogP contribution in [0.2, 0.25) is 0 Å². The van der Waals surface area contributed by atoms with Crippen LogP contribution in [0.1, 0.15) is 18.1 Å². The largest absolute Gasteiger partial charge is 0.494 e. The van der Waals surface area contributed by atoms with Gasteiger partial charge in [-0.05, 0) is 44.5 Å². The van der Waals surface area contributed by atoms with E-state index in [1.165, 1.54) is 11.1 Å². The summed E-state index contributed by atoms with van der Waals surface area (Å²) in [6.07, 6.45) is 1.11. The molecule has 1 heterocycles. The number of rotatable bonds is 4. The van der Waals surface area contributed by atoms with E-state index in [9.17, 15) is 0 Å². The molecule has 3 heteroatoms. The average Bonchev–Trinajstić information content (AvgIpc) is 2.36. The molecule has 1 saturated heterocycles. The summed E-state index contributed by atoms with van der Waals surface area (Å²) in [5, 5.41) is 3.47. The van der Waals surface area contributed by atoms with E-state index in [0.29, 0.717) is 6.04 Å². The number of piperazine rings is 1. The summed E-state index contributed by atoms with van der Waals surface area (Å²) < 4.78 is 5.58. The Hall–Kier alpha value is -1.06. The molecule has 1 unspecified atom stereocenters. The highest BCUT2D eigenvalue weighted by Gasteiger charge is 2.18. The molecule has 1 N–H and O–H groups in total. The molecule has 18 heavy (non-hydrogen) atoms. The highest BCUT2D eigenvalue weighted by Crippen LogP contribution is 2.20. The Morgan fingerprint density at radius 2 is 2.28 bits per heavy atom. The fourth-order valence-electron chi connectivity index (χ4n) is 2.52. The summed E-state index contributed by atoms with van der Waals surface area (Å²) in [4.78, 5) is 2.45. The first-order valence-electron chi connectivity index (χ1n) is 6.84. The molecular weight excluding hydrogens is 224 g/mol. The van der Waals surface area contributed by atoms with Crippen LogP contribution >= 0.6 is 0 Å². The quantitative estimate of drug-likeness (QED) is 0.880. The van der Waals surface area contributed by atoms with Crippen molar-refractivity contribution >= 4 is 0 Å². The molecule has 0 amide bonds. The molecule has 0 spiro atoms. The highest BCUT2D eigenvalue weighted by molar-refractivity contribution is 5.36. The minimum Gasteiger partial charge on any atom is -0.494 e. The van der Waals surface area contributed by atoms with Gasteiger partial charge in [0, 0.05) is 25.7 Å². The van der Waals surface area contributed by atoms with E-state index >= 15 is 0 Å². The van der Waals surface area contributed by atoms with Crippen LogP contribution in [0.3, 0.4) is 0 Å².